The SMILES string of the molecule is Cc1ccc(-c2ccc(C(O)(c3ccc(-c4ccc(C)cc4)cc3)[C@H](C)OC(=O)[C@H]3[C@@H](C(=O)[O-])N(Cc4ccccc4)C(=O)N3Cc3ccccc3)cc2)cc1.[Li+]. The second-order valence-electron chi connectivity index (χ2n) is 14.5. The van der Waals surface area contributed by atoms with Crippen LogP contribution in [0.5, 0.6) is 0 Å². The number of hydrogen-bond donors (Lipinski definition) is 1. The van der Waals surface area contributed by atoms with Crippen LogP contribution in [0.25, 0.3) is 22.3 Å². The van der Waals surface area contributed by atoms with Gasteiger partial charge in [0.15, 0.2) is 11.6 Å². The van der Waals surface area contributed by atoms with E-state index in [0.29, 0.717) is 22.3 Å². The first kappa shape index (κ1) is 40.7. The summed E-state index contributed by atoms with van der Waals surface area (Å²) in [7, 11) is 0. The molecule has 0 saturated carbocycles. The van der Waals surface area contributed by atoms with Crippen LogP contribution in [0.1, 0.15) is 40.3 Å². The Morgan fingerprint density at radius 1 is 0.614 bits per heavy atom. The van der Waals surface area contributed by atoms with Crippen LogP contribution in [-0.4, -0.2) is 51.1 Å². The number of carbonyl (C=O) groups excluding carboxylic acids is 3. The summed E-state index contributed by atoms with van der Waals surface area (Å²) < 4.78 is 6.16. The van der Waals surface area contributed by atoms with Crippen molar-refractivity contribution in [2.75, 3.05) is 0 Å². The van der Waals surface area contributed by atoms with Crippen LogP contribution in [0.4, 0.5) is 4.79 Å². The third-order valence-electron chi connectivity index (χ3n) is 10.6. The van der Waals surface area contributed by atoms with Crippen molar-refractivity contribution in [3.05, 3.63) is 191 Å². The van der Waals surface area contributed by atoms with Gasteiger partial charge in [0.25, 0.3) is 0 Å². The maximum absolute atomic E-state index is 14.5. The first-order chi connectivity index (χ1) is 27.0. The zero-order chi connectivity index (χ0) is 39.4. The Morgan fingerprint density at radius 2 is 0.965 bits per heavy atom. The fraction of sp³-hybridized carbons (Fsp3) is 0.188. The van der Waals surface area contributed by atoms with Crippen molar-refractivity contribution < 1.29 is 48.2 Å². The largest absolute Gasteiger partial charge is 1.00 e. The minimum absolute atomic E-state index is 0. The number of carbonyl (C=O) groups is 3. The van der Waals surface area contributed by atoms with E-state index >= 15 is 0 Å². The number of aliphatic carboxylic acids is 1. The number of carboxylic acid groups (broad SMARTS) is 1. The fourth-order valence-electron chi connectivity index (χ4n) is 7.44. The molecule has 0 unspecified atom stereocenters. The van der Waals surface area contributed by atoms with Gasteiger partial charge in [-0.05, 0) is 65.3 Å². The van der Waals surface area contributed by atoms with Crippen molar-refractivity contribution in [3.63, 3.8) is 0 Å². The second kappa shape index (κ2) is 17.5. The van der Waals surface area contributed by atoms with E-state index in [1.54, 1.807) is 79.7 Å². The molecule has 0 spiro atoms. The third kappa shape index (κ3) is 8.59. The summed E-state index contributed by atoms with van der Waals surface area (Å²) in [6.07, 6.45) is -1.25. The van der Waals surface area contributed by atoms with Crippen LogP contribution >= 0.6 is 0 Å². The molecule has 0 aromatic heterocycles. The smallest absolute Gasteiger partial charge is 0.548 e. The van der Waals surface area contributed by atoms with Crippen molar-refractivity contribution in [1.82, 2.24) is 9.80 Å². The average Bonchev–Trinajstić information content (AvgIpc) is 3.49. The first-order valence-corrected chi connectivity index (χ1v) is 18.7. The Bertz CT molecular complexity index is 2210. The molecular formula is C48H43LiN2O6. The van der Waals surface area contributed by atoms with Crippen molar-refractivity contribution in [1.29, 1.82) is 0 Å². The van der Waals surface area contributed by atoms with E-state index in [2.05, 4.69) is 0 Å². The monoisotopic (exact) mass is 750 g/mol. The summed E-state index contributed by atoms with van der Waals surface area (Å²) in [6, 6.07) is 45.2. The first-order valence-electron chi connectivity index (χ1n) is 18.7. The normalized spacial score (nSPS) is 15.8. The number of hydrogen-bond acceptors (Lipinski definition) is 6. The molecule has 1 saturated heterocycles. The van der Waals surface area contributed by atoms with Gasteiger partial charge >= 0.3 is 30.9 Å². The maximum Gasteiger partial charge on any atom is 1.00 e. The Labute approximate surface area is 345 Å². The number of benzene rings is 6. The molecule has 8 nitrogen and oxygen atoms in total. The van der Waals surface area contributed by atoms with E-state index < -0.39 is 41.8 Å². The van der Waals surface area contributed by atoms with E-state index in [4.69, 9.17) is 4.74 Å². The number of amides is 2. The Morgan fingerprint density at radius 3 is 1.33 bits per heavy atom. The molecule has 1 aliphatic heterocycles. The van der Waals surface area contributed by atoms with Gasteiger partial charge in [-0.1, -0.05) is 169 Å². The summed E-state index contributed by atoms with van der Waals surface area (Å²) >= 11 is 0. The number of urea groups is 1. The summed E-state index contributed by atoms with van der Waals surface area (Å²) in [4.78, 5) is 43.9. The van der Waals surface area contributed by atoms with Crippen LogP contribution < -0.4 is 24.0 Å². The molecule has 1 fully saturated rings. The summed E-state index contributed by atoms with van der Waals surface area (Å²) in [5.74, 6) is -2.56. The predicted octanol–water partition coefficient (Wildman–Crippen LogP) is 4.43. The Hall–Kier alpha value is -5.91. The molecule has 0 aliphatic carbocycles. The van der Waals surface area contributed by atoms with Crippen molar-refractivity contribution in [3.8, 4) is 22.3 Å². The molecule has 0 bridgehead atoms. The number of carboxylic acids is 1. The Kier molecular flexibility index (Phi) is 12.5. The molecular weight excluding hydrogens is 707 g/mol. The molecule has 0 radical (unpaired) electrons. The number of aryl methyl sites for hydroxylation is 2. The number of ether oxygens (including phenoxy) is 1. The number of nitrogens with zero attached hydrogens (tertiary/aromatic N) is 2. The average molecular weight is 751 g/mol. The van der Waals surface area contributed by atoms with Crippen molar-refractivity contribution >= 4 is 18.0 Å². The van der Waals surface area contributed by atoms with Crippen molar-refractivity contribution in [2.45, 2.75) is 57.6 Å². The van der Waals surface area contributed by atoms with Crippen LogP contribution in [0.2, 0.25) is 0 Å². The molecule has 7 rings (SSSR count). The summed E-state index contributed by atoms with van der Waals surface area (Å²) in [5.41, 5.74) is 6.58. The molecule has 282 valence electrons. The van der Waals surface area contributed by atoms with Gasteiger partial charge in [-0.2, -0.15) is 0 Å². The molecule has 57 heavy (non-hydrogen) atoms. The van der Waals surface area contributed by atoms with Crippen molar-refractivity contribution in [2.24, 2.45) is 0 Å². The number of aliphatic hydroxyl groups is 1. The van der Waals surface area contributed by atoms with Gasteiger partial charge in [-0.25, -0.2) is 9.59 Å². The standard InChI is InChI=1S/C48H44N2O6.Li/c1-32-14-18-37(19-15-32)39-22-26-41(27-23-39)48(55,42-28-24-40(25-29-42)38-20-16-33(2)17-21-38)34(3)56-46(53)44-43(45(51)52)49(30-35-10-6-4-7-11-35)47(54)50(44)31-36-12-8-5-9-13-36;/h4-29,34,43-44,55H,30-31H2,1-3H3,(H,51,52);/q;+1/p-1/t34-,43-,44+;/m0./s1. The van der Waals surface area contributed by atoms with Gasteiger partial charge in [-0.15, -0.1) is 0 Å². The molecule has 1 aliphatic rings. The predicted molar refractivity (Wildman–Crippen MR) is 214 cm³/mol. The molecule has 3 atom stereocenters. The minimum atomic E-state index is -1.89. The van der Waals surface area contributed by atoms with Crippen LogP contribution in [0, 0.1) is 13.8 Å². The maximum atomic E-state index is 14.5. The van der Waals surface area contributed by atoms with Gasteiger partial charge in [-0.3, -0.25) is 0 Å². The minimum Gasteiger partial charge on any atom is -0.548 e. The van der Waals surface area contributed by atoms with Crippen LogP contribution in [0.3, 0.4) is 0 Å². The van der Waals surface area contributed by atoms with Gasteiger partial charge in [0.2, 0.25) is 0 Å². The zero-order valence-electron chi connectivity index (χ0n) is 32.5. The molecule has 9 heteroatoms. The van der Waals surface area contributed by atoms with E-state index in [9.17, 15) is 24.6 Å². The van der Waals surface area contributed by atoms with Gasteiger partial charge in [0.05, 0.1) is 5.97 Å². The van der Waals surface area contributed by atoms with Gasteiger partial charge < -0.3 is 29.5 Å². The third-order valence-corrected chi connectivity index (χ3v) is 10.6. The number of esters is 1. The topological polar surface area (TPSA) is 110 Å². The number of rotatable bonds is 12. The molecule has 6 aromatic carbocycles. The summed E-state index contributed by atoms with van der Waals surface area (Å²) in [5, 5.41) is 25.8. The fourth-order valence-corrected chi connectivity index (χ4v) is 7.44. The van der Waals surface area contributed by atoms with Crippen LogP contribution in [0.15, 0.2) is 158 Å². The summed E-state index contributed by atoms with van der Waals surface area (Å²) in [6.45, 7) is 5.52. The molecule has 1 heterocycles. The molecule has 6 aromatic rings. The molecule has 1 N–H and O–H groups in total. The van der Waals surface area contributed by atoms with E-state index in [1.165, 1.54) is 4.90 Å². The van der Waals surface area contributed by atoms with E-state index in [0.717, 1.165) is 38.3 Å². The second-order valence-corrected chi connectivity index (χ2v) is 14.5. The Balaban J connectivity index is 0.00000549. The van der Waals surface area contributed by atoms with Gasteiger partial charge in [0, 0.05) is 13.1 Å². The molecule has 2 amide bonds. The van der Waals surface area contributed by atoms with E-state index in [1.807, 2.05) is 98.8 Å². The van der Waals surface area contributed by atoms with E-state index in [-0.39, 0.29) is 32.0 Å². The zero-order valence-corrected chi connectivity index (χ0v) is 32.5. The van der Waals surface area contributed by atoms with Crippen LogP contribution in [-0.2, 0) is 33.0 Å². The van der Waals surface area contributed by atoms with Gasteiger partial charge in [0.1, 0.15) is 12.1 Å². The quantitative estimate of drug-likeness (QED) is 0.147.